The fourth-order valence-electron chi connectivity index (χ4n) is 3.13. The van der Waals surface area contributed by atoms with Gasteiger partial charge in [0.25, 0.3) is 5.91 Å². The number of amides is 1. The van der Waals surface area contributed by atoms with E-state index < -0.39 is 11.5 Å². The molecule has 142 valence electrons. The molecule has 3 aromatic carbocycles. The Morgan fingerprint density at radius 1 is 0.857 bits per heavy atom. The van der Waals surface area contributed by atoms with Crippen LogP contribution < -0.4 is 5.43 Å². The van der Waals surface area contributed by atoms with Crippen molar-refractivity contribution in [2.24, 2.45) is 5.10 Å². The molecule has 0 aliphatic rings. The summed E-state index contributed by atoms with van der Waals surface area (Å²) in [6.45, 7) is 5.67. The molecule has 28 heavy (non-hydrogen) atoms. The van der Waals surface area contributed by atoms with Crippen molar-refractivity contribution in [2.45, 2.75) is 26.4 Å². The van der Waals surface area contributed by atoms with Gasteiger partial charge in [-0.1, -0.05) is 90.0 Å². The standard InChI is InChI=1S/C24H24N2O2/c1-17-9-7-13-21(15-17)24(28,22-14-8-10-18(2)16-22)23(27)26-25-19(3)20-11-5-4-6-12-20/h4-16,28H,1-3H3,(H,26,27)/b25-19-. The average Bonchev–Trinajstić information content (AvgIpc) is 2.71. The van der Waals surface area contributed by atoms with Gasteiger partial charge in [0.1, 0.15) is 0 Å². The summed E-state index contributed by atoms with van der Waals surface area (Å²) in [5.74, 6) is -0.598. The smallest absolute Gasteiger partial charge is 0.281 e. The first-order valence-corrected chi connectivity index (χ1v) is 9.18. The van der Waals surface area contributed by atoms with E-state index in [1.54, 1.807) is 12.1 Å². The second-order valence-electron chi connectivity index (χ2n) is 6.95. The summed E-state index contributed by atoms with van der Waals surface area (Å²) < 4.78 is 0. The van der Waals surface area contributed by atoms with Crippen LogP contribution in [-0.4, -0.2) is 16.7 Å². The van der Waals surface area contributed by atoms with Gasteiger partial charge in [-0.2, -0.15) is 5.10 Å². The van der Waals surface area contributed by atoms with Crippen molar-refractivity contribution in [3.05, 3.63) is 107 Å². The Balaban J connectivity index is 2.00. The summed E-state index contributed by atoms with van der Waals surface area (Å²) >= 11 is 0. The van der Waals surface area contributed by atoms with Gasteiger partial charge in [0.15, 0.2) is 5.60 Å². The van der Waals surface area contributed by atoms with Gasteiger partial charge in [0.2, 0.25) is 0 Å². The molecule has 3 rings (SSSR count). The van der Waals surface area contributed by atoms with E-state index in [1.165, 1.54) is 0 Å². The summed E-state index contributed by atoms with van der Waals surface area (Å²) in [6.07, 6.45) is 0. The first kappa shape index (κ1) is 19.5. The SMILES string of the molecule is C/C(=N/NC(=O)C(O)(c1cccc(C)c1)c1cccc(C)c1)c1ccccc1. The molecule has 0 saturated carbocycles. The van der Waals surface area contributed by atoms with Crippen LogP contribution in [0.1, 0.15) is 34.7 Å². The summed E-state index contributed by atoms with van der Waals surface area (Å²) in [7, 11) is 0. The molecule has 0 atom stereocenters. The lowest BCUT2D eigenvalue weighted by Gasteiger charge is -2.27. The lowest BCUT2D eigenvalue weighted by molar-refractivity contribution is -0.136. The zero-order chi connectivity index (χ0) is 20.1. The maximum absolute atomic E-state index is 13.2. The molecule has 0 heterocycles. The highest BCUT2D eigenvalue weighted by atomic mass is 16.3. The highest BCUT2D eigenvalue weighted by Gasteiger charge is 2.40. The monoisotopic (exact) mass is 372 g/mol. The molecule has 0 fully saturated rings. The Morgan fingerprint density at radius 2 is 1.39 bits per heavy atom. The normalized spacial score (nSPS) is 11.9. The van der Waals surface area contributed by atoms with Crippen molar-refractivity contribution >= 4 is 11.6 Å². The molecule has 0 saturated heterocycles. The van der Waals surface area contributed by atoms with Gasteiger partial charge in [-0.25, -0.2) is 5.43 Å². The molecule has 0 aromatic heterocycles. The molecule has 4 nitrogen and oxygen atoms in total. The quantitative estimate of drug-likeness (QED) is 0.524. The molecule has 0 aliphatic heterocycles. The van der Waals surface area contributed by atoms with E-state index >= 15 is 0 Å². The minimum atomic E-state index is -1.85. The van der Waals surface area contributed by atoms with Crippen LogP contribution in [0.2, 0.25) is 0 Å². The van der Waals surface area contributed by atoms with E-state index in [9.17, 15) is 9.90 Å². The number of carbonyl (C=O) groups is 1. The fourth-order valence-corrected chi connectivity index (χ4v) is 3.13. The Kier molecular flexibility index (Phi) is 5.71. The molecular formula is C24H24N2O2. The van der Waals surface area contributed by atoms with Gasteiger partial charge in [-0.05, 0) is 37.5 Å². The number of carbonyl (C=O) groups excluding carboxylic acids is 1. The number of nitrogens with one attached hydrogen (secondary N) is 1. The van der Waals surface area contributed by atoms with Crippen molar-refractivity contribution < 1.29 is 9.90 Å². The number of hydrazone groups is 1. The van der Waals surface area contributed by atoms with Gasteiger partial charge >= 0.3 is 0 Å². The first-order valence-electron chi connectivity index (χ1n) is 9.18. The van der Waals surface area contributed by atoms with E-state index in [0.29, 0.717) is 16.8 Å². The Bertz CT molecular complexity index is 964. The second-order valence-corrected chi connectivity index (χ2v) is 6.95. The lowest BCUT2D eigenvalue weighted by atomic mass is 9.84. The molecule has 3 aromatic rings. The van der Waals surface area contributed by atoms with Crippen LogP contribution in [0.25, 0.3) is 0 Å². The number of hydrogen-bond donors (Lipinski definition) is 2. The van der Waals surface area contributed by atoms with Crippen LogP contribution in [-0.2, 0) is 10.4 Å². The number of aryl methyl sites for hydroxylation is 2. The van der Waals surface area contributed by atoms with Gasteiger partial charge < -0.3 is 5.11 Å². The Labute approximate surface area is 165 Å². The maximum Gasteiger partial charge on any atom is 0.281 e. The van der Waals surface area contributed by atoms with E-state index in [4.69, 9.17) is 0 Å². The van der Waals surface area contributed by atoms with Gasteiger partial charge in [0.05, 0.1) is 5.71 Å². The van der Waals surface area contributed by atoms with E-state index in [1.807, 2.05) is 87.5 Å². The van der Waals surface area contributed by atoms with Crippen LogP contribution in [0.15, 0.2) is 84.0 Å². The van der Waals surface area contributed by atoms with E-state index in [0.717, 1.165) is 16.7 Å². The van der Waals surface area contributed by atoms with Gasteiger partial charge in [0, 0.05) is 0 Å². The van der Waals surface area contributed by atoms with Crippen LogP contribution in [0, 0.1) is 13.8 Å². The van der Waals surface area contributed by atoms with Crippen LogP contribution in [0.5, 0.6) is 0 Å². The van der Waals surface area contributed by atoms with Crippen molar-refractivity contribution in [1.29, 1.82) is 0 Å². The molecule has 2 N–H and O–H groups in total. The average molecular weight is 372 g/mol. The Hall–Kier alpha value is -3.24. The first-order chi connectivity index (χ1) is 13.4. The molecule has 4 heteroatoms. The van der Waals surface area contributed by atoms with E-state index in [-0.39, 0.29) is 0 Å². The molecule has 0 bridgehead atoms. The largest absolute Gasteiger partial charge is 0.372 e. The predicted molar refractivity (Wildman–Crippen MR) is 112 cm³/mol. The van der Waals surface area contributed by atoms with Gasteiger partial charge in [-0.3, -0.25) is 4.79 Å². The second kappa shape index (κ2) is 8.19. The number of benzene rings is 3. The highest BCUT2D eigenvalue weighted by molar-refractivity contribution is 6.00. The van der Waals surface area contributed by atoms with Gasteiger partial charge in [-0.15, -0.1) is 0 Å². The highest BCUT2D eigenvalue weighted by Crippen LogP contribution is 2.31. The summed E-state index contributed by atoms with van der Waals surface area (Å²) in [5, 5.41) is 15.8. The third-order valence-corrected chi connectivity index (χ3v) is 4.72. The molecule has 1 amide bonds. The number of hydrogen-bond acceptors (Lipinski definition) is 3. The third kappa shape index (κ3) is 4.02. The van der Waals surface area contributed by atoms with Crippen molar-refractivity contribution in [3.63, 3.8) is 0 Å². The minimum Gasteiger partial charge on any atom is -0.372 e. The molecule has 0 radical (unpaired) electrons. The van der Waals surface area contributed by atoms with Crippen LogP contribution in [0.4, 0.5) is 0 Å². The van der Waals surface area contributed by atoms with Crippen molar-refractivity contribution in [1.82, 2.24) is 5.43 Å². The van der Waals surface area contributed by atoms with Crippen LogP contribution >= 0.6 is 0 Å². The molecule has 0 aliphatic carbocycles. The zero-order valence-electron chi connectivity index (χ0n) is 16.3. The van der Waals surface area contributed by atoms with E-state index in [2.05, 4.69) is 10.5 Å². The zero-order valence-corrected chi connectivity index (χ0v) is 16.3. The number of rotatable bonds is 5. The summed E-state index contributed by atoms with van der Waals surface area (Å²) in [6, 6.07) is 24.2. The summed E-state index contributed by atoms with van der Waals surface area (Å²) in [5.41, 5.74) is 5.19. The minimum absolute atomic E-state index is 0.503. The number of aliphatic hydroxyl groups is 1. The lowest BCUT2D eigenvalue weighted by Crippen LogP contribution is -2.44. The maximum atomic E-state index is 13.2. The molecule has 0 spiro atoms. The fraction of sp³-hybridized carbons (Fsp3) is 0.167. The Morgan fingerprint density at radius 3 is 1.89 bits per heavy atom. The van der Waals surface area contributed by atoms with Crippen molar-refractivity contribution in [2.75, 3.05) is 0 Å². The van der Waals surface area contributed by atoms with Crippen molar-refractivity contribution in [3.8, 4) is 0 Å². The third-order valence-electron chi connectivity index (χ3n) is 4.72. The summed E-state index contributed by atoms with van der Waals surface area (Å²) in [4.78, 5) is 13.2. The topological polar surface area (TPSA) is 61.7 Å². The molecular weight excluding hydrogens is 348 g/mol. The predicted octanol–water partition coefficient (Wildman–Crippen LogP) is 4.08. The molecule has 0 unspecified atom stereocenters. The number of nitrogens with zero attached hydrogens (tertiary/aromatic N) is 1. The van der Waals surface area contributed by atoms with Crippen LogP contribution in [0.3, 0.4) is 0 Å².